The van der Waals surface area contributed by atoms with Crippen LogP contribution < -0.4 is 10.1 Å². The molecule has 1 saturated heterocycles. The van der Waals surface area contributed by atoms with Crippen LogP contribution in [0.25, 0.3) is 5.69 Å². The molecule has 1 aliphatic heterocycles. The number of hydrogen-bond acceptors (Lipinski definition) is 6. The van der Waals surface area contributed by atoms with E-state index >= 15 is 0 Å². The topological polar surface area (TPSA) is 118 Å². The van der Waals surface area contributed by atoms with Gasteiger partial charge in [-0.15, -0.1) is 13.2 Å². The number of hydrogen-bond donors (Lipinski definition) is 2. The van der Waals surface area contributed by atoms with Crippen LogP contribution in [0.15, 0.2) is 67.3 Å². The fourth-order valence-electron chi connectivity index (χ4n) is 4.35. The molecule has 0 radical (unpaired) electrons. The summed E-state index contributed by atoms with van der Waals surface area (Å²) in [5, 5.41) is 13.8. The van der Waals surface area contributed by atoms with E-state index in [0.717, 1.165) is 25.0 Å². The van der Waals surface area contributed by atoms with Crippen molar-refractivity contribution in [3.8, 4) is 11.4 Å². The molecule has 0 saturated carbocycles. The van der Waals surface area contributed by atoms with Crippen LogP contribution >= 0.6 is 0 Å². The van der Waals surface area contributed by atoms with Gasteiger partial charge in [0.1, 0.15) is 18.4 Å². The molecule has 0 spiro atoms. The highest BCUT2D eigenvalue weighted by atomic mass is 19.4. The Hall–Kier alpha value is -4.68. The average molecular weight is 525 g/mol. The Labute approximate surface area is 214 Å². The van der Waals surface area contributed by atoms with Crippen molar-refractivity contribution in [1.29, 1.82) is 0 Å². The van der Waals surface area contributed by atoms with Crippen molar-refractivity contribution in [1.82, 2.24) is 29.9 Å². The molecule has 2 aromatic heterocycles. The van der Waals surface area contributed by atoms with Gasteiger partial charge in [0.2, 0.25) is 0 Å². The molecule has 0 bridgehead atoms. The summed E-state index contributed by atoms with van der Waals surface area (Å²) < 4.78 is 42.4. The quantitative estimate of drug-likeness (QED) is 0.383. The first-order valence-corrected chi connectivity index (χ1v) is 11.8. The first kappa shape index (κ1) is 25.0. The van der Waals surface area contributed by atoms with Gasteiger partial charge in [-0.25, -0.2) is 9.67 Å². The third kappa shape index (κ3) is 5.66. The van der Waals surface area contributed by atoms with Gasteiger partial charge in [-0.1, -0.05) is 6.07 Å². The normalized spacial score (nSPS) is 15.8. The number of alkyl halides is 3. The molecule has 0 aliphatic carbocycles. The molecule has 196 valence electrons. The van der Waals surface area contributed by atoms with E-state index in [1.807, 2.05) is 6.07 Å². The van der Waals surface area contributed by atoms with Gasteiger partial charge >= 0.3 is 6.36 Å². The maximum atomic E-state index is 13.5. The minimum Gasteiger partial charge on any atom is -0.406 e. The van der Waals surface area contributed by atoms with Gasteiger partial charge in [0.25, 0.3) is 11.8 Å². The van der Waals surface area contributed by atoms with E-state index in [1.165, 1.54) is 18.5 Å². The van der Waals surface area contributed by atoms with Gasteiger partial charge in [-0.3, -0.25) is 14.7 Å². The summed E-state index contributed by atoms with van der Waals surface area (Å²) >= 11 is 0. The maximum Gasteiger partial charge on any atom is 0.573 e. The van der Waals surface area contributed by atoms with Gasteiger partial charge < -0.3 is 15.0 Å². The number of benzene rings is 2. The first-order valence-electron chi connectivity index (χ1n) is 11.8. The van der Waals surface area contributed by atoms with Crippen LogP contribution in [0, 0.1) is 0 Å². The van der Waals surface area contributed by atoms with E-state index in [-0.39, 0.29) is 23.3 Å². The molecule has 2 aromatic carbocycles. The summed E-state index contributed by atoms with van der Waals surface area (Å²) in [6.07, 6.45) is 0.644. The molecular formula is C25H22F3N7O3. The Kier molecular flexibility index (Phi) is 6.81. The lowest BCUT2D eigenvalue weighted by Gasteiger charge is -2.35. The molecule has 2 N–H and O–H groups in total. The van der Waals surface area contributed by atoms with Crippen LogP contribution in [0.1, 0.15) is 51.7 Å². The lowest BCUT2D eigenvalue weighted by molar-refractivity contribution is -0.274. The van der Waals surface area contributed by atoms with Crippen LogP contribution in [0.5, 0.6) is 5.75 Å². The van der Waals surface area contributed by atoms with Crippen LogP contribution in [0.3, 0.4) is 0 Å². The fourth-order valence-corrected chi connectivity index (χ4v) is 4.35. The summed E-state index contributed by atoms with van der Waals surface area (Å²) in [7, 11) is 0. The van der Waals surface area contributed by atoms with E-state index in [2.05, 4.69) is 30.3 Å². The van der Waals surface area contributed by atoms with Crippen LogP contribution in [-0.2, 0) is 0 Å². The molecular weight excluding hydrogens is 503 g/mol. The number of nitrogens with zero attached hydrogens (tertiary/aromatic N) is 5. The predicted molar refractivity (Wildman–Crippen MR) is 129 cm³/mol. The second-order valence-electron chi connectivity index (χ2n) is 8.64. The lowest BCUT2D eigenvalue weighted by atomic mass is 9.98. The summed E-state index contributed by atoms with van der Waals surface area (Å²) in [4.78, 5) is 31.8. The monoisotopic (exact) mass is 525 g/mol. The molecule has 1 fully saturated rings. The number of halogens is 3. The fraction of sp³-hybridized carbons (Fsp3) is 0.240. The largest absolute Gasteiger partial charge is 0.573 e. The Balaban J connectivity index is 1.28. The van der Waals surface area contributed by atoms with E-state index in [4.69, 9.17) is 0 Å². The zero-order valence-electron chi connectivity index (χ0n) is 19.9. The maximum absolute atomic E-state index is 13.5. The average Bonchev–Trinajstić information content (AvgIpc) is 3.61. The number of rotatable bonds is 6. The van der Waals surface area contributed by atoms with Crippen molar-refractivity contribution in [2.45, 2.75) is 31.7 Å². The Morgan fingerprint density at radius 3 is 2.61 bits per heavy atom. The predicted octanol–water partition coefficient (Wildman–Crippen LogP) is 4.51. The molecule has 1 atom stereocenters. The summed E-state index contributed by atoms with van der Waals surface area (Å²) in [6, 6.07) is 13.1. The molecule has 38 heavy (non-hydrogen) atoms. The van der Waals surface area contributed by atoms with Crippen molar-refractivity contribution in [2.75, 3.05) is 11.9 Å². The zero-order chi connectivity index (χ0) is 26.7. The number of amides is 2. The van der Waals surface area contributed by atoms with Crippen molar-refractivity contribution in [2.24, 2.45) is 0 Å². The number of piperidine rings is 1. The van der Waals surface area contributed by atoms with Gasteiger partial charge in [0.15, 0.2) is 5.82 Å². The minimum absolute atomic E-state index is 0.130. The third-order valence-corrected chi connectivity index (χ3v) is 6.09. The lowest BCUT2D eigenvalue weighted by Crippen LogP contribution is -2.38. The summed E-state index contributed by atoms with van der Waals surface area (Å²) in [5.41, 5.74) is 2.02. The number of carbonyl (C=O) groups excluding carboxylic acids is 2. The molecule has 5 rings (SSSR count). The smallest absolute Gasteiger partial charge is 0.406 e. The Morgan fingerprint density at radius 1 is 1.05 bits per heavy atom. The molecule has 1 unspecified atom stereocenters. The zero-order valence-corrected chi connectivity index (χ0v) is 19.9. The Morgan fingerprint density at radius 2 is 1.87 bits per heavy atom. The number of aromatic amines is 1. The van der Waals surface area contributed by atoms with Crippen molar-refractivity contribution < 1.29 is 27.5 Å². The second-order valence-corrected chi connectivity index (χ2v) is 8.64. The number of likely N-dealkylation sites (tertiary alicyclic amines) is 1. The van der Waals surface area contributed by atoms with Crippen LogP contribution in [0.4, 0.5) is 19.0 Å². The number of carbonyl (C=O) groups is 2. The number of H-pyrrole nitrogens is 1. The van der Waals surface area contributed by atoms with E-state index in [1.54, 1.807) is 40.2 Å². The number of nitrogens with one attached hydrogen (secondary N) is 2. The van der Waals surface area contributed by atoms with Crippen molar-refractivity contribution in [3.63, 3.8) is 0 Å². The standard InChI is InChI=1S/C25H22F3N7O3/c26-25(27,28)38-19-9-7-16(8-10-19)23(36)31-22-13-20(32-33-22)21-6-1-2-11-34(21)24(37)17-4-3-5-18(12-17)35-15-29-14-30-35/h3-5,7-10,12-15,21H,1-2,6,11H2,(H2,31,32,33,36). The molecule has 13 heteroatoms. The molecule has 4 aromatic rings. The number of ether oxygens (including phenoxy) is 1. The second kappa shape index (κ2) is 10.4. The third-order valence-electron chi connectivity index (χ3n) is 6.09. The molecule has 3 heterocycles. The number of aromatic nitrogens is 5. The van der Waals surface area contributed by atoms with Gasteiger partial charge in [-0.2, -0.15) is 10.2 Å². The highest BCUT2D eigenvalue weighted by Crippen LogP contribution is 2.32. The summed E-state index contributed by atoms with van der Waals surface area (Å²) in [5.74, 6) is -0.891. The highest BCUT2D eigenvalue weighted by molar-refractivity contribution is 6.03. The van der Waals surface area contributed by atoms with E-state index < -0.39 is 18.0 Å². The van der Waals surface area contributed by atoms with Crippen LogP contribution in [-0.4, -0.2) is 54.6 Å². The van der Waals surface area contributed by atoms with E-state index in [0.29, 0.717) is 29.9 Å². The van der Waals surface area contributed by atoms with Crippen molar-refractivity contribution in [3.05, 3.63) is 84.1 Å². The van der Waals surface area contributed by atoms with Crippen molar-refractivity contribution >= 4 is 17.6 Å². The molecule has 10 nitrogen and oxygen atoms in total. The van der Waals surface area contributed by atoms with Gasteiger partial charge in [0.05, 0.1) is 17.4 Å². The SMILES string of the molecule is O=C(Nc1cc(C2CCCCN2C(=O)c2cccc(-n3cncn3)c2)[nH]n1)c1ccc(OC(F)(F)F)cc1. The number of anilines is 1. The molecule has 1 aliphatic rings. The Bertz CT molecular complexity index is 1420. The van der Waals surface area contributed by atoms with Gasteiger partial charge in [-0.05, 0) is 61.7 Å². The first-order chi connectivity index (χ1) is 18.3. The minimum atomic E-state index is -4.82. The molecule has 2 amide bonds. The van der Waals surface area contributed by atoms with E-state index in [9.17, 15) is 22.8 Å². The van der Waals surface area contributed by atoms with Gasteiger partial charge in [0, 0.05) is 23.7 Å². The highest BCUT2D eigenvalue weighted by Gasteiger charge is 2.32. The summed E-state index contributed by atoms with van der Waals surface area (Å²) in [6.45, 7) is 0.560. The van der Waals surface area contributed by atoms with Crippen LogP contribution in [0.2, 0.25) is 0 Å².